The smallest absolute Gasteiger partial charge is 0.320 e. The number of rotatable bonds is 12. The Morgan fingerprint density at radius 3 is 2.31 bits per heavy atom. The predicted molar refractivity (Wildman–Crippen MR) is 112 cm³/mol. The van der Waals surface area contributed by atoms with Gasteiger partial charge in [-0.2, -0.15) is 0 Å². The molecule has 29 heavy (non-hydrogen) atoms. The Bertz CT molecular complexity index is 908. The van der Waals surface area contributed by atoms with Gasteiger partial charge in [-0.05, 0) is 43.9 Å². The fourth-order valence-corrected chi connectivity index (χ4v) is 4.24. The Morgan fingerprint density at radius 2 is 1.69 bits per heavy atom. The van der Waals surface area contributed by atoms with E-state index in [1.54, 1.807) is 24.3 Å². The van der Waals surface area contributed by atoms with E-state index in [4.69, 9.17) is 0 Å². The number of carbonyl (C=O) groups is 2. The maximum absolute atomic E-state index is 12.4. The van der Waals surface area contributed by atoms with Crippen molar-refractivity contribution in [2.75, 3.05) is 12.3 Å². The highest BCUT2D eigenvalue weighted by Gasteiger charge is 2.20. The Balaban J connectivity index is 1.78. The first-order chi connectivity index (χ1) is 13.8. The van der Waals surface area contributed by atoms with Gasteiger partial charge in [-0.3, -0.25) is 14.9 Å². The van der Waals surface area contributed by atoms with Gasteiger partial charge in [0.25, 0.3) is 0 Å². The Labute approximate surface area is 171 Å². The van der Waals surface area contributed by atoms with E-state index in [-0.39, 0.29) is 35.8 Å². The normalized spacial score (nSPS) is 12.4. The maximum atomic E-state index is 12.4. The third kappa shape index (κ3) is 7.79. The molecule has 1 atom stereocenters. The Hall–Kier alpha value is -2.51. The molecular weight excluding hydrogens is 390 g/mol. The van der Waals surface area contributed by atoms with Crippen molar-refractivity contribution in [3.63, 3.8) is 0 Å². The minimum Gasteiger partial charge on any atom is -0.480 e. The van der Waals surface area contributed by atoms with Gasteiger partial charge in [0.05, 0.1) is 17.2 Å². The van der Waals surface area contributed by atoms with Crippen molar-refractivity contribution in [1.29, 1.82) is 0 Å². The fourth-order valence-electron chi connectivity index (χ4n) is 2.91. The van der Waals surface area contributed by atoms with Gasteiger partial charge >= 0.3 is 5.97 Å². The quantitative estimate of drug-likeness (QED) is 0.551. The fraction of sp³-hybridized carbons (Fsp3) is 0.364. The molecule has 0 unspecified atom stereocenters. The minimum atomic E-state index is -3.46. The van der Waals surface area contributed by atoms with Gasteiger partial charge in [0.1, 0.15) is 11.8 Å². The molecule has 2 aromatic rings. The van der Waals surface area contributed by atoms with E-state index in [1.807, 2.05) is 37.3 Å². The molecule has 0 heterocycles. The van der Waals surface area contributed by atoms with Crippen LogP contribution in [0.5, 0.6) is 0 Å². The largest absolute Gasteiger partial charge is 0.480 e. The van der Waals surface area contributed by atoms with Crippen LogP contribution in [0.2, 0.25) is 0 Å². The first-order valence-electron chi connectivity index (χ1n) is 9.59. The lowest BCUT2D eigenvalue weighted by atomic mass is 10.1. The molecule has 0 aliphatic heterocycles. The lowest BCUT2D eigenvalue weighted by Crippen LogP contribution is -2.40. The van der Waals surface area contributed by atoms with Crippen LogP contribution in [-0.2, 0) is 25.8 Å². The zero-order valence-corrected chi connectivity index (χ0v) is 17.3. The van der Waals surface area contributed by atoms with E-state index in [0.29, 0.717) is 12.8 Å². The zero-order chi connectivity index (χ0) is 21.3. The second-order valence-corrected chi connectivity index (χ2v) is 9.18. The number of benzene rings is 2. The number of nitrogens with one attached hydrogen (secondary N) is 1. The molecule has 2 rings (SSSR count). The van der Waals surface area contributed by atoms with Crippen molar-refractivity contribution < 1.29 is 23.1 Å². The van der Waals surface area contributed by atoms with Crippen LogP contribution in [0.15, 0.2) is 59.5 Å². The molecule has 156 valence electrons. The highest BCUT2D eigenvalue weighted by Crippen LogP contribution is 2.14. The first kappa shape index (κ1) is 22.8. The molecule has 2 N–H and O–H groups in total. The average Bonchev–Trinajstić information content (AvgIpc) is 2.69. The van der Waals surface area contributed by atoms with Crippen molar-refractivity contribution in [2.45, 2.75) is 43.5 Å². The molecule has 0 spiro atoms. The van der Waals surface area contributed by atoms with E-state index < -0.39 is 21.8 Å². The average molecular weight is 418 g/mol. The number of ketones is 1. The van der Waals surface area contributed by atoms with Gasteiger partial charge in [0.2, 0.25) is 0 Å². The van der Waals surface area contributed by atoms with Crippen LogP contribution in [0.25, 0.3) is 0 Å². The highest BCUT2D eigenvalue weighted by molar-refractivity contribution is 7.91. The molecule has 0 aromatic heterocycles. The summed E-state index contributed by atoms with van der Waals surface area (Å²) < 4.78 is 24.7. The van der Waals surface area contributed by atoms with Crippen LogP contribution >= 0.6 is 0 Å². The molecule has 7 heteroatoms. The number of hydrogen-bond acceptors (Lipinski definition) is 5. The van der Waals surface area contributed by atoms with Crippen molar-refractivity contribution in [1.82, 2.24) is 5.32 Å². The summed E-state index contributed by atoms with van der Waals surface area (Å²) in [6.07, 6.45) is 1.25. The van der Waals surface area contributed by atoms with Gasteiger partial charge in [0.15, 0.2) is 9.84 Å². The van der Waals surface area contributed by atoms with E-state index in [0.717, 1.165) is 11.1 Å². The minimum absolute atomic E-state index is 0.0471. The molecule has 0 amide bonds. The molecular formula is C22H27NO5S. The molecule has 0 fully saturated rings. The van der Waals surface area contributed by atoms with Gasteiger partial charge in [-0.25, -0.2) is 8.42 Å². The number of Topliss-reactive ketones (excluding diaryl/α,β-unsaturated/α-hetero) is 1. The number of hydrogen-bond donors (Lipinski definition) is 2. The number of carbonyl (C=O) groups excluding carboxylic acids is 1. The summed E-state index contributed by atoms with van der Waals surface area (Å²) in [5, 5.41) is 12.1. The lowest BCUT2D eigenvalue weighted by Gasteiger charge is -2.14. The molecule has 0 aliphatic rings. The zero-order valence-electron chi connectivity index (χ0n) is 16.5. The monoisotopic (exact) mass is 417 g/mol. The third-order valence-corrected chi connectivity index (χ3v) is 6.48. The van der Waals surface area contributed by atoms with Crippen molar-refractivity contribution in [2.24, 2.45) is 0 Å². The summed E-state index contributed by atoms with van der Waals surface area (Å²) in [6.45, 7) is 1.83. The van der Waals surface area contributed by atoms with Crippen molar-refractivity contribution in [3.05, 3.63) is 65.7 Å². The number of aryl methyl sites for hydroxylation is 2. The Kier molecular flexibility index (Phi) is 8.54. The molecule has 0 saturated heterocycles. The van der Waals surface area contributed by atoms with Gasteiger partial charge < -0.3 is 5.11 Å². The van der Waals surface area contributed by atoms with Crippen LogP contribution in [0.1, 0.15) is 30.4 Å². The van der Waals surface area contributed by atoms with Crippen LogP contribution in [-0.4, -0.2) is 43.6 Å². The van der Waals surface area contributed by atoms with Crippen LogP contribution in [0.3, 0.4) is 0 Å². The summed E-state index contributed by atoms with van der Waals surface area (Å²) >= 11 is 0. The molecule has 6 nitrogen and oxygen atoms in total. The highest BCUT2D eigenvalue weighted by atomic mass is 32.2. The van der Waals surface area contributed by atoms with Gasteiger partial charge in [-0.1, -0.05) is 48.0 Å². The molecule has 0 bridgehead atoms. The van der Waals surface area contributed by atoms with E-state index in [1.165, 1.54) is 0 Å². The summed E-state index contributed by atoms with van der Waals surface area (Å²) in [4.78, 5) is 23.7. The SMILES string of the molecule is Cc1ccc(S(=O)(=O)CCC[C@@H](NCC(=O)CCc2ccccc2)C(=O)O)cc1. The summed E-state index contributed by atoms with van der Waals surface area (Å²) in [5.41, 5.74) is 2.02. The molecule has 0 saturated carbocycles. The maximum Gasteiger partial charge on any atom is 0.320 e. The predicted octanol–water partition coefficient (Wildman–Crippen LogP) is 2.79. The van der Waals surface area contributed by atoms with E-state index in [9.17, 15) is 23.1 Å². The Morgan fingerprint density at radius 1 is 1.03 bits per heavy atom. The van der Waals surface area contributed by atoms with Crippen LogP contribution in [0.4, 0.5) is 0 Å². The topological polar surface area (TPSA) is 101 Å². The molecule has 0 radical (unpaired) electrons. The molecule has 2 aromatic carbocycles. The van der Waals surface area contributed by atoms with Crippen molar-refractivity contribution in [3.8, 4) is 0 Å². The summed E-state index contributed by atoms with van der Waals surface area (Å²) in [5.74, 6) is -1.30. The van der Waals surface area contributed by atoms with Crippen LogP contribution < -0.4 is 5.32 Å². The summed E-state index contributed by atoms with van der Waals surface area (Å²) in [7, 11) is -3.46. The van der Waals surface area contributed by atoms with Crippen LogP contribution in [0, 0.1) is 6.92 Å². The number of carboxylic acid groups (broad SMARTS) is 1. The first-order valence-corrected chi connectivity index (χ1v) is 11.2. The number of sulfone groups is 1. The second-order valence-electron chi connectivity index (χ2n) is 7.07. The van der Waals surface area contributed by atoms with E-state index >= 15 is 0 Å². The third-order valence-electron chi connectivity index (χ3n) is 4.67. The summed E-state index contributed by atoms with van der Waals surface area (Å²) in [6, 6.07) is 15.2. The van der Waals surface area contributed by atoms with Crippen molar-refractivity contribution >= 4 is 21.6 Å². The number of aliphatic carboxylic acids is 1. The van der Waals surface area contributed by atoms with E-state index in [2.05, 4.69) is 5.32 Å². The molecule has 0 aliphatic carbocycles. The number of carboxylic acids is 1. The van der Waals surface area contributed by atoms with Gasteiger partial charge in [-0.15, -0.1) is 0 Å². The lowest BCUT2D eigenvalue weighted by molar-refractivity contribution is -0.139. The second kappa shape index (κ2) is 10.9. The standard InChI is InChI=1S/C22H27NO5S/c1-17-9-13-20(14-10-17)29(27,28)15-5-8-21(22(25)26)23-16-19(24)12-11-18-6-3-2-4-7-18/h2-4,6-7,9-10,13-14,21,23H,5,8,11-12,15-16H2,1H3,(H,25,26)/t21-/m1/s1. The van der Waals surface area contributed by atoms with Gasteiger partial charge in [0, 0.05) is 6.42 Å².